The maximum absolute atomic E-state index is 12.6. The van der Waals surface area contributed by atoms with E-state index in [4.69, 9.17) is 4.74 Å². The predicted octanol–water partition coefficient (Wildman–Crippen LogP) is 4.15. The molecule has 1 rings (SSSR count). The number of esters is 1. The Morgan fingerprint density at radius 3 is 2.20 bits per heavy atom. The van der Waals surface area contributed by atoms with Crippen LogP contribution in [-0.4, -0.2) is 36.5 Å². The zero-order valence-electron chi connectivity index (χ0n) is 14.7. The summed E-state index contributed by atoms with van der Waals surface area (Å²) >= 11 is 0. The van der Waals surface area contributed by atoms with Crippen molar-refractivity contribution in [1.82, 2.24) is 4.90 Å². The standard InChI is InChI=1S/C18H24F3NO3/c1-4-25-16(23)10-12-22(11-9-13(2)3)17(24)14-5-7-15(8-6-14)18(19,20)21/h5-8,13H,4,9-12H2,1-3H3. The van der Waals surface area contributed by atoms with Crippen LogP contribution >= 0.6 is 0 Å². The molecule has 0 atom stereocenters. The highest BCUT2D eigenvalue weighted by molar-refractivity contribution is 5.94. The summed E-state index contributed by atoms with van der Waals surface area (Å²) in [4.78, 5) is 25.6. The smallest absolute Gasteiger partial charge is 0.416 e. The molecular weight excluding hydrogens is 335 g/mol. The maximum atomic E-state index is 12.6. The van der Waals surface area contributed by atoms with Gasteiger partial charge in [0.2, 0.25) is 0 Å². The van der Waals surface area contributed by atoms with Gasteiger partial charge in [-0.15, -0.1) is 0 Å². The number of alkyl halides is 3. The van der Waals surface area contributed by atoms with Crippen LogP contribution in [0.2, 0.25) is 0 Å². The topological polar surface area (TPSA) is 46.6 Å². The first-order valence-corrected chi connectivity index (χ1v) is 8.27. The highest BCUT2D eigenvalue weighted by Gasteiger charge is 2.30. The van der Waals surface area contributed by atoms with Crippen LogP contribution in [0.4, 0.5) is 13.2 Å². The molecule has 140 valence electrons. The van der Waals surface area contributed by atoms with Gasteiger partial charge in [-0.2, -0.15) is 13.2 Å². The molecule has 0 aromatic heterocycles. The molecule has 0 saturated heterocycles. The van der Waals surface area contributed by atoms with Gasteiger partial charge in [0.25, 0.3) is 5.91 Å². The Balaban J connectivity index is 2.84. The fourth-order valence-electron chi connectivity index (χ4n) is 2.17. The minimum Gasteiger partial charge on any atom is -0.466 e. The van der Waals surface area contributed by atoms with Crippen molar-refractivity contribution in [2.24, 2.45) is 5.92 Å². The van der Waals surface area contributed by atoms with Crippen molar-refractivity contribution in [3.63, 3.8) is 0 Å². The molecule has 7 heteroatoms. The van der Waals surface area contributed by atoms with Crippen LogP contribution in [0.25, 0.3) is 0 Å². The molecule has 0 fully saturated rings. The molecule has 4 nitrogen and oxygen atoms in total. The zero-order valence-corrected chi connectivity index (χ0v) is 14.7. The number of amides is 1. The molecule has 0 aliphatic rings. The Labute approximate surface area is 146 Å². The molecule has 0 saturated carbocycles. The Morgan fingerprint density at radius 2 is 1.72 bits per heavy atom. The van der Waals surface area contributed by atoms with Crippen LogP contribution in [0.5, 0.6) is 0 Å². The molecule has 0 bridgehead atoms. The number of carbonyl (C=O) groups excluding carboxylic acids is 2. The molecule has 1 amide bonds. The van der Waals surface area contributed by atoms with E-state index in [9.17, 15) is 22.8 Å². The molecule has 0 unspecified atom stereocenters. The molecule has 1 aromatic rings. The number of hydrogen-bond donors (Lipinski definition) is 0. The van der Waals surface area contributed by atoms with Crippen LogP contribution in [0.15, 0.2) is 24.3 Å². The lowest BCUT2D eigenvalue weighted by molar-refractivity contribution is -0.143. The lowest BCUT2D eigenvalue weighted by Crippen LogP contribution is -2.34. The highest BCUT2D eigenvalue weighted by Crippen LogP contribution is 2.29. The van der Waals surface area contributed by atoms with Gasteiger partial charge in [0.05, 0.1) is 18.6 Å². The summed E-state index contributed by atoms with van der Waals surface area (Å²) in [5, 5.41) is 0. The summed E-state index contributed by atoms with van der Waals surface area (Å²) in [6, 6.07) is 4.11. The lowest BCUT2D eigenvalue weighted by Gasteiger charge is -2.23. The van der Waals surface area contributed by atoms with Crippen LogP contribution < -0.4 is 0 Å². The molecule has 0 spiro atoms. The van der Waals surface area contributed by atoms with Gasteiger partial charge in [-0.05, 0) is 43.5 Å². The number of rotatable bonds is 8. The number of halogens is 3. The summed E-state index contributed by atoms with van der Waals surface area (Å²) in [7, 11) is 0. The third-order valence-electron chi connectivity index (χ3n) is 3.61. The van der Waals surface area contributed by atoms with E-state index < -0.39 is 23.6 Å². The van der Waals surface area contributed by atoms with Gasteiger partial charge in [0, 0.05) is 18.7 Å². The summed E-state index contributed by atoms with van der Waals surface area (Å²) in [6.07, 6.45) is -3.66. The van der Waals surface area contributed by atoms with Gasteiger partial charge < -0.3 is 9.64 Å². The molecule has 0 heterocycles. The Bertz CT molecular complexity index is 568. The van der Waals surface area contributed by atoms with E-state index in [0.717, 1.165) is 30.7 Å². The van der Waals surface area contributed by atoms with Crippen LogP contribution in [0.3, 0.4) is 0 Å². The largest absolute Gasteiger partial charge is 0.466 e. The number of hydrogen-bond acceptors (Lipinski definition) is 3. The van der Waals surface area contributed by atoms with Gasteiger partial charge in [-0.3, -0.25) is 9.59 Å². The summed E-state index contributed by atoms with van der Waals surface area (Å²) in [5.74, 6) is -0.443. The first-order valence-electron chi connectivity index (χ1n) is 8.27. The van der Waals surface area contributed by atoms with Crippen LogP contribution in [-0.2, 0) is 15.7 Å². The second-order valence-corrected chi connectivity index (χ2v) is 6.10. The van der Waals surface area contributed by atoms with Crippen molar-refractivity contribution in [2.45, 2.75) is 39.8 Å². The third kappa shape index (κ3) is 7.15. The molecular formula is C18H24F3NO3. The monoisotopic (exact) mass is 359 g/mol. The van der Waals surface area contributed by atoms with Crippen molar-refractivity contribution in [1.29, 1.82) is 0 Å². The summed E-state index contributed by atoms with van der Waals surface area (Å²) in [5.41, 5.74) is -0.634. The van der Waals surface area contributed by atoms with E-state index in [2.05, 4.69) is 0 Å². The zero-order chi connectivity index (χ0) is 19.0. The van der Waals surface area contributed by atoms with E-state index in [1.54, 1.807) is 6.92 Å². The number of nitrogens with zero attached hydrogens (tertiary/aromatic N) is 1. The van der Waals surface area contributed by atoms with Crippen LogP contribution in [0, 0.1) is 5.92 Å². The van der Waals surface area contributed by atoms with Crippen molar-refractivity contribution in [3.05, 3.63) is 35.4 Å². The number of carbonyl (C=O) groups is 2. The first kappa shape index (κ1) is 21.0. The Morgan fingerprint density at radius 1 is 1.12 bits per heavy atom. The minimum atomic E-state index is -4.44. The Kier molecular flexibility index (Phi) is 7.93. The van der Waals surface area contributed by atoms with Gasteiger partial charge in [0.1, 0.15) is 0 Å². The fraction of sp³-hybridized carbons (Fsp3) is 0.556. The quantitative estimate of drug-likeness (QED) is 0.655. The van der Waals surface area contributed by atoms with Crippen LogP contribution in [0.1, 0.15) is 49.5 Å². The second kappa shape index (κ2) is 9.44. The third-order valence-corrected chi connectivity index (χ3v) is 3.61. The van der Waals surface area contributed by atoms with E-state index in [-0.39, 0.29) is 25.1 Å². The first-order chi connectivity index (χ1) is 11.6. The lowest BCUT2D eigenvalue weighted by atomic mass is 10.1. The van der Waals surface area contributed by atoms with E-state index in [1.807, 2.05) is 13.8 Å². The molecule has 1 aromatic carbocycles. The molecule has 25 heavy (non-hydrogen) atoms. The van der Waals surface area contributed by atoms with Gasteiger partial charge in [-0.1, -0.05) is 13.8 Å². The van der Waals surface area contributed by atoms with E-state index in [1.165, 1.54) is 4.90 Å². The predicted molar refractivity (Wildman–Crippen MR) is 88.1 cm³/mol. The van der Waals surface area contributed by atoms with Crippen molar-refractivity contribution in [2.75, 3.05) is 19.7 Å². The van der Waals surface area contributed by atoms with E-state index in [0.29, 0.717) is 12.5 Å². The van der Waals surface area contributed by atoms with Crippen molar-refractivity contribution >= 4 is 11.9 Å². The molecule has 0 aliphatic heterocycles. The number of ether oxygens (including phenoxy) is 1. The van der Waals surface area contributed by atoms with Gasteiger partial charge in [-0.25, -0.2) is 0 Å². The van der Waals surface area contributed by atoms with Gasteiger partial charge >= 0.3 is 12.1 Å². The SMILES string of the molecule is CCOC(=O)CCN(CCC(C)C)C(=O)c1ccc(C(F)(F)F)cc1. The maximum Gasteiger partial charge on any atom is 0.416 e. The highest BCUT2D eigenvalue weighted by atomic mass is 19.4. The van der Waals surface area contributed by atoms with Crippen molar-refractivity contribution < 1.29 is 27.5 Å². The fourth-order valence-corrected chi connectivity index (χ4v) is 2.17. The molecule has 0 N–H and O–H groups in total. The van der Waals surface area contributed by atoms with Gasteiger partial charge in [0.15, 0.2) is 0 Å². The average molecular weight is 359 g/mol. The summed E-state index contributed by atoms with van der Waals surface area (Å²) in [6.45, 7) is 6.57. The number of benzene rings is 1. The normalized spacial score (nSPS) is 11.5. The average Bonchev–Trinajstić information content (AvgIpc) is 2.53. The molecule has 0 aliphatic carbocycles. The van der Waals surface area contributed by atoms with Crippen molar-refractivity contribution in [3.8, 4) is 0 Å². The second-order valence-electron chi connectivity index (χ2n) is 6.10. The summed E-state index contributed by atoms with van der Waals surface area (Å²) < 4.78 is 42.7. The Hall–Kier alpha value is -2.05. The minimum absolute atomic E-state index is 0.0539. The molecule has 0 radical (unpaired) electrons. The van der Waals surface area contributed by atoms with E-state index >= 15 is 0 Å².